The molecular weight excluding hydrogens is 432 g/mol. The Morgan fingerprint density at radius 2 is 1.50 bits per heavy atom. The number of piperidine rings is 1. The van der Waals surface area contributed by atoms with Gasteiger partial charge in [-0.15, -0.1) is 0 Å². The van der Waals surface area contributed by atoms with Gasteiger partial charge in [0.05, 0.1) is 6.61 Å². The molecule has 0 amide bonds. The summed E-state index contributed by atoms with van der Waals surface area (Å²) >= 11 is 0. The van der Waals surface area contributed by atoms with Crippen LogP contribution in [0.4, 0.5) is 8.78 Å². The Bertz CT molecular complexity index is 1050. The van der Waals surface area contributed by atoms with Crippen molar-refractivity contribution in [2.24, 2.45) is 11.8 Å². The molecule has 1 saturated heterocycles. The van der Waals surface area contributed by atoms with Crippen molar-refractivity contribution in [3.8, 4) is 5.75 Å². The van der Waals surface area contributed by atoms with Crippen LogP contribution in [-0.2, 0) is 11.3 Å². The number of hydrogen-bond acceptors (Lipinski definition) is 3. The molecular formula is C29H31F2NO2. The minimum Gasteiger partial charge on any atom is -0.493 e. The predicted molar refractivity (Wildman–Crippen MR) is 130 cm³/mol. The van der Waals surface area contributed by atoms with E-state index in [1.165, 1.54) is 24.3 Å². The molecule has 3 aromatic carbocycles. The first-order valence-electron chi connectivity index (χ1n) is 11.9. The van der Waals surface area contributed by atoms with Crippen LogP contribution in [0.15, 0.2) is 72.8 Å². The summed E-state index contributed by atoms with van der Waals surface area (Å²) in [7, 11) is 0. The molecule has 3 aromatic rings. The highest BCUT2D eigenvalue weighted by molar-refractivity contribution is 5.83. The van der Waals surface area contributed by atoms with Gasteiger partial charge in [-0.2, -0.15) is 0 Å². The van der Waals surface area contributed by atoms with Gasteiger partial charge in [-0.25, -0.2) is 8.78 Å². The van der Waals surface area contributed by atoms with Crippen molar-refractivity contribution in [1.82, 2.24) is 4.90 Å². The molecule has 3 nitrogen and oxygen atoms in total. The van der Waals surface area contributed by atoms with Gasteiger partial charge in [0.1, 0.15) is 23.2 Å². The monoisotopic (exact) mass is 463 g/mol. The van der Waals surface area contributed by atoms with E-state index < -0.39 is 0 Å². The van der Waals surface area contributed by atoms with Crippen molar-refractivity contribution in [2.45, 2.75) is 32.7 Å². The number of halogens is 2. The first-order chi connectivity index (χ1) is 16.4. The van der Waals surface area contributed by atoms with Crippen LogP contribution in [0.25, 0.3) is 0 Å². The number of ether oxygens (including phenoxy) is 1. The van der Waals surface area contributed by atoms with E-state index in [1.807, 2.05) is 18.2 Å². The summed E-state index contributed by atoms with van der Waals surface area (Å²) in [6.45, 7) is 6.81. The first kappa shape index (κ1) is 24.1. The summed E-state index contributed by atoms with van der Waals surface area (Å²) in [6.07, 6.45) is 0.443. The lowest BCUT2D eigenvalue weighted by Crippen LogP contribution is -2.43. The Morgan fingerprint density at radius 1 is 0.912 bits per heavy atom. The molecule has 0 radical (unpaired) electrons. The highest BCUT2D eigenvalue weighted by Crippen LogP contribution is 2.36. The van der Waals surface area contributed by atoms with Gasteiger partial charge in [0.15, 0.2) is 0 Å². The van der Waals surface area contributed by atoms with Crippen LogP contribution >= 0.6 is 0 Å². The molecule has 0 spiro atoms. The maximum atomic E-state index is 13.6. The van der Waals surface area contributed by atoms with Crippen LogP contribution in [-0.4, -0.2) is 30.4 Å². The standard InChI is InChI=1S/C29H31F2NO2/c1-20(2)19-34-28-6-4-3-5-23(28)17-32-16-15-27(33)26(18-32)29(21-7-11-24(30)12-8-21)22-9-13-25(31)14-10-22/h3-14,20,26,29H,15-19H2,1-2H3. The number of carbonyl (C=O) groups excluding carboxylic acids is 1. The van der Waals surface area contributed by atoms with Gasteiger partial charge >= 0.3 is 0 Å². The molecule has 1 atom stereocenters. The van der Waals surface area contributed by atoms with E-state index in [-0.39, 0.29) is 29.3 Å². The van der Waals surface area contributed by atoms with E-state index in [2.05, 4.69) is 24.8 Å². The second-order valence-corrected chi connectivity index (χ2v) is 9.45. The molecule has 0 saturated carbocycles. The fourth-order valence-corrected chi connectivity index (χ4v) is 4.63. The lowest BCUT2D eigenvalue weighted by molar-refractivity contribution is -0.126. The average Bonchev–Trinajstić information content (AvgIpc) is 2.83. The normalized spacial score (nSPS) is 16.9. The smallest absolute Gasteiger partial charge is 0.139 e. The molecule has 5 heteroatoms. The van der Waals surface area contributed by atoms with Crippen LogP contribution in [0, 0.1) is 23.5 Å². The molecule has 1 aliphatic heterocycles. The Hall–Kier alpha value is -3.05. The molecule has 1 unspecified atom stereocenters. The molecule has 0 aromatic heterocycles. The zero-order valence-corrected chi connectivity index (χ0v) is 19.7. The Balaban J connectivity index is 1.60. The summed E-state index contributed by atoms with van der Waals surface area (Å²) in [5.74, 6) is 0.250. The van der Waals surface area contributed by atoms with E-state index in [1.54, 1.807) is 24.3 Å². The fraction of sp³-hybridized carbons (Fsp3) is 0.345. The molecule has 0 aliphatic carbocycles. The predicted octanol–water partition coefficient (Wildman–Crippen LogP) is 6.22. The third-order valence-corrected chi connectivity index (χ3v) is 6.34. The zero-order valence-electron chi connectivity index (χ0n) is 19.7. The minimum absolute atomic E-state index is 0.180. The van der Waals surface area contributed by atoms with Crippen LogP contribution < -0.4 is 4.74 Å². The van der Waals surface area contributed by atoms with Crippen molar-refractivity contribution in [3.05, 3.63) is 101 Å². The lowest BCUT2D eigenvalue weighted by Gasteiger charge is -2.36. The van der Waals surface area contributed by atoms with Crippen LogP contribution in [0.2, 0.25) is 0 Å². The zero-order chi connectivity index (χ0) is 24.1. The van der Waals surface area contributed by atoms with E-state index in [0.29, 0.717) is 38.6 Å². The largest absolute Gasteiger partial charge is 0.493 e. The molecule has 178 valence electrons. The molecule has 4 rings (SSSR count). The molecule has 0 N–H and O–H groups in total. The Kier molecular flexibility index (Phi) is 7.73. The molecule has 0 bridgehead atoms. The van der Waals surface area contributed by atoms with E-state index in [0.717, 1.165) is 22.4 Å². The van der Waals surface area contributed by atoms with E-state index in [4.69, 9.17) is 4.74 Å². The quantitative estimate of drug-likeness (QED) is 0.397. The minimum atomic E-state index is -0.323. The summed E-state index contributed by atoms with van der Waals surface area (Å²) in [4.78, 5) is 15.4. The summed E-state index contributed by atoms with van der Waals surface area (Å²) < 4.78 is 33.3. The fourth-order valence-electron chi connectivity index (χ4n) is 4.63. The molecule has 34 heavy (non-hydrogen) atoms. The Morgan fingerprint density at radius 3 is 2.09 bits per heavy atom. The second-order valence-electron chi connectivity index (χ2n) is 9.45. The number of benzene rings is 3. The van der Waals surface area contributed by atoms with E-state index in [9.17, 15) is 13.6 Å². The first-order valence-corrected chi connectivity index (χ1v) is 11.9. The maximum Gasteiger partial charge on any atom is 0.139 e. The van der Waals surface area contributed by atoms with Gasteiger partial charge in [0.25, 0.3) is 0 Å². The van der Waals surface area contributed by atoms with Gasteiger partial charge in [-0.3, -0.25) is 9.69 Å². The van der Waals surface area contributed by atoms with E-state index >= 15 is 0 Å². The van der Waals surface area contributed by atoms with Gasteiger partial charge in [0, 0.05) is 43.5 Å². The highest BCUT2D eigenvalue weighted by atomic mass is 19.1. The van der Waals surface area contributed by atoms with Gasteiger partial charge < -0.3 is 4.74 Å². The molecule has 1 fully saturated rings. The number of likely N-dealkylation sites (tertiary alicyclic amines) is 1. The van der Waals surface area contributed by atoms with Crippen LogP contribution in [0.1, 0.15) is 42.9 Å². The summed E-state index contributed by atoms with van der Waals surface area (Å²) in [6, 6.07) is 20.6. The second kappa shape index (κ2) is 10.9. The molecule has 1 aliphatic rings. The van der Waals surface area contributed by atoms with Gasteiger partial charge in [-0.05, 0) is 47.4 Å². The van der Waals surface area contributed by atoms with Crippen molar-refractivity contribution in [1.29, 1.82) is 0 Å². The number of nitrogens with zero attached hydrogens (tertiary/aromatic N) is 1. The number of Topliss-reactive ketones (excluding diaryl/α,β-unsaturated/α-hetero) is 1. The highest BCUT2D eigenvalue weighted by Gasteiger charge is 2.35. The van der Waals surface area contributed by atoms with Crippen molar-refractivity contribution >= 4 is 5.78 Å². The van der Waals surface area contributed by atoms with Crippen LogP contribution in [0.5, 0.6) is 5.75 Å². The summed E-state index contributed by atoms with van der Waals surface area (Å²) in [5, 5.41) is 0. The summed E-state index contributed by atoms with van der Waals surface area (Å²) in [5.41, 5.74) is 2.80. The SMILES string of the molecule is CC(C)COc1ccccc1CN1CCC(=O)C(C(c2ccc(F)cc2)c2ccc(F)cc2)C1. The van der Waals surface area contributed by atoms with Gasteiger partial charge in [0.2, 0.25) is 0 Å². The third-order valence-electron chi connectivity index (χ3n) is 6.34. The number of rotatable bonds is 8. The third kappa shape index (κ3) is 5.89. The maximum absolute atomic E-state index is 13.6. The van der Waals surface area contributed by atoms with Gasteiger partial charge in [-0.1, -0.05) is 56.3 Å². The number of carbonyl (C=O) groups is 1. The number of ketones is 1. The molecule has 1 heterocycles. The number of hydrogen-bond donors (Lipinski definition) is 0. The van der Waals surface area contributed by atoms with Crippen LogP contribution in [0.3, 0.4) is 0 Å². The lowest BCUT2D eigenvalue weighted by atomic mass is 9.76. The number of para-hydroxylation sites is 1. The Labute approximate surface area is 200 Å². The van der Waals surface area contributed by atoms with Crippen molar-refractivity contribution < 1.29 is 18.3 Å². The van der Waals surface area contributed by atoms with Crippen molar-refractivity contribution in [2.75, 3.05) is 19.7 Å². The van der Waals surface area contributed by atoms with Crippen molar-refractivity contribution in [3.63, 3.8) is 0 Å². The average molecular weight is 464 g/mol. The topological polar surface area (TPSA) is 29.5 Å².